The maximum Gasteiger partial charge on any atom is 0.245 e. The lowest BCUT2D eigenvalue weighted by Gasteiger charge is -2.26. The third kappa shape index (κ3) is 2.82. The van der Waals surface area contributed by atoms with E-state index in [2.05, 4.69) is 17.4 Å². The van der Waals surface area contributed by atoms with E-state index < -0.39 is 6.61 Å². The number of aliphatic hydroxyl groups excluding tert-OH is 1. The molecule has 0 fully saturated rings. The van der Waals surface area contributed by atoms with Crippen LogP contribution in [0.4, 0.5) is 0 Å². The van der Waals surface area contributed by atoms with Gasteiger partial charge in [0.1, 0.15) is 12.4 Å². The van der Waals surface area contributed by atoms with Crippen LogP contribution in [-0.2, 0) is 11.2 Å². The van der Waals surface area contributed by atoms with Gasteiger partial charge in [0.05, 0.1) is 7.11 Å². The molecular formula is C14H19NO3. The van der Waals surface area contributed by atoms with Crippen LogP contribution < -0.4 is 10.1 Å². The molecule has 4 nitrogen and oxygen atoms in total. The van der Waals surface area contributed by atoms with Crippen LogP contribution in [0.1, 0.15) is 29.9 Å². The van der Waals surface area contributed by atoms with E-state index in [-0.39, 0.29) is 5.91 Å². The number of rotatable bonds is 4. The number of ether oxygens (including phenoxy) is 1. The Labute approximate surface area is 107 Å². The Bertz CT molecular complexity index is 431. The summed E-state index contributed by atoms with van der Waals surface area (Å²) in [7, 11) is 1.67. The molecule has 0 heterocycles. The highest BCUT2D eigenvalue weighted by atomic mass is 16.5. The molecular weight excluding hydrogens is 230 g/mol. The average molecular weight is 249 g/mol. The van der Waals surface area contributed by atoms with Crippen LogP contribution in [0.25, 0.3) is 0 Å². The van der Waals surface area contributed by atoms with Crippen molar-refractivity contribution in [3.05, 3.63) is 29.3 Å². The van der Waals surface area contributed by atoms with Gasteiger partial charge in [0.2, 0.25) is 5.91 Å². The second-order valence-corrected chi connectivity index (χ2v) is 4.62. The topological polar surface area (TPSA) is 58.6 Å². The Morgan fingerprint density at radius 3 is 3.11 bits per heavy atom. The number of methoxy groups -OCH3 is 1. The van der Waals surface area contributed by atoms with Crippen molar-refractivity contribution in [3.8, 4) is 5.75 Å². The molecule has 1 aromatic carbocycles. The minimum atomic E-state index is -0.442. The number of aliphatic hydroxyl groups is 1. The van der Waals surface area contributed by atoms with Gasteiger partial charge < -0.3 is 15.2 Å². The Morgan fingerprint density at radius 1 is 1.56 bits per heavy atom. The van der Waals surface area contributed by atoms with Gasteiger partial charge in [-0.1, -0.05) is 6.07 Å². The molecule has 1 aromatic rings. The van der Waals surface area contributed by atoms with Crippen LogP contribution in [0.2, 0.25) is 0 Å². The minimum absolute atomic E-state index is 0.310. The van der Waals surface area contributed by atoms with E-state index in [1.165, 1.54) is 11.1 Å². The fourth-order valence-corrected chi connectivity index (χ4v) is 2.52. The normalized spacial score (nSPS) is 18.0. The highest BCUT2D eigenvalue weighted by Crippen LogP contribution is 2.33. The molecule has 0 radical (unpaired) electrons. The van der Waals surface area contributed by atoms with Crippen LogP contribution in [0, 0.1) is 0 Å². The largest absolute Gasteiger partial charge is 0.497 e. The molecule has 1 aliphatic rings. The Morgan fingerprint density at radius 2 is 2.39 bits per heavy atom. The number of benzene rings is 1. The van der Waals surface area contributed by atoms with Crippen LogP contribution in [0.15, 0.2) is 18.2 Å². The number of nitrogens with one attached hydrogen (secondary N) is 1. The van der Waals surface area contributed by atoms with E-state index in [1.807, 2.05) is 6.07 Å². The monoisotopic (exact) mass is 249 g/mol. The smallest absolute Gasteiger partial charge is 0.245 e. The van der Waals surface area contributed by atoms with E-state index in [1.54, 1.807) is 7.11 Å². The summed E-state index contributed by atoms with van der Waals surface area (Å²) in [4.78, 5) is 11.1. The summed E-state index contributed by atoms with van der Waals surface area (Å²) in [5.74, 6) is 0.916. The number of carbonyl (C=O) groups is 1. The second-order valence-electron chi connectivity index (χ2n) is 4.62. The molecule has 2 rings (SSSR count). The van der Waals surface area contributed by atoms with Crippen molar-refractivity contribution in [3.63, 3.8) is 0 Å². The first-order chi connectivity index (χ1) is 8.74. The molecule has 0 aromatic heterocycles. The van der Waals surface area contributed by atoms with Gasteiger partial charge in [-0.2, -0.15) is 0 Å². The minimum Gasteiger partial charge on any atom is -0.497 e. The number of amides is 1. The fourth-order valence-electron chi connectivity index (χ4n) is 2.52. The quantitative estimate of drug-likeness (QED) is 0.843. The van der Waals surface area contributed by atoms with Gasteiger partial charge in [0.15, 0.2) is 0 Å². The van der Waals surface area contributed by atoms with Crippen molar-refractivity contribution in [2.24, 2.45) is 0 Å². The zero-order valence-corrected chi connectivity index (χ0v) is 10.6. The highest BCUT2D eigenvalue weighted by Gasteiger charge is 2.20. The molecule has 0 saturated heterocycles. The molecule has 4 heteroatoms. The van der Waals surface area contributed by atoms with Gasteiger partial charge in [0, 0.05) is 12.5 Å². The molecule has 1 amide bonds. The van der Waals surface area contributed by atoms with E-state index in [4.69, 9.17) is 9.84 Å². The maximum atomic E-state index is 11.1. The summed E-state index contributed by atoms with van der Waals surface area (Å²) in [5.41, 5.74) is 2.60. The number of hydrogen-bond acceptors (Lipinski definition) is 3. The summed E-state index contributed by atoms with van der Waals surface area (Å²) >= 11 is 0. The molecule has 0 saturated carbocycles. The number of carbonyl (C=O) groups excluding carboxylic acids is 1. The third-order valence-corrected chi connectivity index (χ3v) is 3.48. The first-order valence-corrected chi connectivity index (χ1v) is 6.29. The number of fused-ring (bicyclic) bond motifs is 1. The molecule has 0 bridgehead atoms. The van der Waals surface area contributed by atoms with Crippen molar-refractivity contribution in [2.45, 2.75) is 25.2 Å². The molecule has 2 N–H and O–H groups in total. The summed E-state index contributed by atoms with van der Waals surface area (Å²) in [6, 6.07) is 6.13. The lowest BCUT2D eigenvalue weighted by molar-refractivity contribution is -0.123. The SMILES string of the molecule is COc1ccc2c(c1)CCCC2CNC(=O)CO. The summed E-state index contributed by atoms with van der Waals surface area (Å²) in [5, 5.41) is 11.5. The van der Waals surface area contributed by atoms with Crippen LogP contribution in [0.5, 0.6) is 5.75 Å². The molecule has 0 aliphatic heterocycles. The van der Waals surface area contributed by atoms with E-state index in [9.17, 15) is 4.79 Å². The van der Waals surface area contributed by atoms with Crippen LogP contribution in [0.3, 0.4) is 0 Å². The number of hydrogen-bond donors (Lipinski definition) is 2. The van der Waals surface area contributed by atoms with Crippen molar-refractivity contribution < 1.29 is 14.6 Å². The van der Waals surface area contributed by atoms with Gasteiger partial charge in [-0.05, 0) is 42.5 Å². The standard InChI is InChI=1S/C14H19NO3/c1-18-12-5-6-13-10(7-12)3-2-4-11(13)8-15-14(17)9-16/h5-7,11,16H,2-4,8-9H2,1H3,(H,15,17). The fraction of sp³-hybridized carbons (Fsp3) is 0.500. The predicted octanol–water partition coefficient (Wildman–Crippen LogP) is 1.22. The highest BCUT2D eigenvalue weighted by molar-refractivity contribution is 5.76. The van der Waals surface area contributed by atoms with E-state index >= 15 is 0 Å². The van der Waals surface area contributed by atoms with Gasteiger partial charge in [-0.25, -0.2) is 0 Å². The van der Waals surface area contributed by atoms with Gasteiger partial charge in [-0.3, -0.25) is 4.79 Å². The summed E-state index contributed by atoms with van der Waals surface area (Å²) < 4.78 is 5.23. The maximum absolute atomic E-state index is 11.1. The van der Waals surface area contributed by atoms with Crippen LogP contribution in [-0.4, -0.2) is 31.3 Å². The van der Waals surface area contributed by atoms with Crippen molar-refractivity contribution >= 4 is 5.91 Å². The molecule has 1 unspecified atom stereocenters. The van der Waals surface area contributed by atoms with Gasteiger partial charge in [0.25, 0.3) is 0 Å². The summed E-state index contributed by atoms with van der Waals surface area (Å²) in [6.45, 7) is 0.154. The van der Waals surface area contributed by atoms with Gasteiger partial charge >= 0.3 is 0 Å². The Hall–Kier alpha value is -1.55. The molecule has 1 aliphatic carbocycles. The lowest BCUT2D eigenvalue weighted by Crippen LogP contribution is -2.31. The Kier molecular flexibility index (Phi) is 4.20. The van der Waals surface area contributed by atoms with Crippen molar-refractivity contribution in [1.29, 1.82) is 0 Å². The van der Waals surface area contributed by atoms with E-state index in [0.717, 1.165) is 25.0 Å². The average Bonchev–Trinajstić information content (AvgIpc) is 2.43. The predicted molar refractivity (Wildman–Crippen MR) is 68.8 cm³/mol. The van der Waals surface area contributed by atoms with Gasteiger partial charge in [-0.15, -0.1) is 0 Å². The summed E-state index contributed by atoms with van der Waals surface area (Å²) in [6.07, 6.45) is 3.27. The molecule has 1 atom stereocenters. The van der Waals surface area contributed by atoms with Crippen molar-refractivity contribution in [1.82, 2.24) is 5.32 Å². The molecule has 18 heavy (non-hydrogen) atoms. The lowest BCUT2D eigenvalue weighted by atomic mass is 9.82. The Balaban J connectivity index is 2.10. The molecule has 98 valence electrons. The molecule has 0 spiro atoms. The first kappa shape index (κ1) is 12.9. The second kappa shape index (κ2) is 5.87. The first-order valence-electron chi connectivity index (χ1n) is 6.29. The third-order valence-electron chi connectivity index (χ3n) is 3.48. The van der Waals surface area contributed by atoms with E-state index in [0.29, 0.717) is 12.5 Å². The number of aryl methyl sites for hydroxylation is 1. The van der Waals surface area contributed by atoms with Crippen molar-refractivity contribution in [2.75, 3.05) is 20.3 Å². The zero-order valence-electron chi connectivity index (χ0n) is 10.6. The zero-order chi connectivity index (χ0) is 13.0. The van der Waals surface area contributed by atoms with Crippen LogP contribution >= 0.6 is 0 Å².